The Kier molecular flexibility index (Phi) is 4.30. The van der Waals surface area contributed by atoms with Crippen LogP contribution in [-0.2, 0) is 11.2 Å². The minimum atomic E-state index is -0.233. The summed E-state index contributed by atoms with van der Waals surface area (Å²) in [6, 6.07) is 13.2. The SMILES string of the molecule is C[C@H]1Cc2ccccc2N1C(=O)N[C@H]1CC(=O)N(c2ccc3c(c2)OCCO3)C1. The first-order chi connectivity index (χ1) is 14.1. The van der Waals surface area contributed by atoms with Crippen LogP contribution in [0.1, 0.15) is 18.9 Å². The van der Waals surface area contributed by atoms with Crippen LogP contribution in [0.5, 0.6) is 11.5 Å². The number of benzene rings is 2. The third kappa shape index (κ3) is 3.16. The summed E-state index contributed by atoms with van der Waals surface area (Å²) in [6.45, 7) is 3.51. The summed E-state index contributed by atoms with van der Waals surface area (Å²) in [5, 5.41) is 3.05. The van der Waals surface area contributed by atoms with Gasteiger partial charge in [-0.05, 0) is 37.1 Å². The lowest BCUT2D eigenvalue weighted by molar-refractivity contribution is -0.117. The van der Waals surface area contributed by atoms with Crippen LogP contribution < -0.4 is 24.6 Å². The van der Waals surface area contributed by atoms with E-state index in [1.165, 1.54) is 5.56 Å². The number of nitrogens with one attached hydrogen (secondary N) is 1. The highest BCUT2D eigenvalue weighted by molar-refractivity contribution is 5.99. The monoisotopic (exact) mass is 393 g/mol. The van der Waals surface area contributed by atoms with Crippen molar-refractivity contribution in [1.29, 1.82) is 0 Å². The van der Waals surface area contributed by atoms with Crippen molar-refractivity contribution >= 4 is 23.3 Å². The van der Waals surface area contributed by atoms with Gasteiger partial charge in [0.05, 0.1) is 6.04 Å². The van der Waals surface area contributed by atoms with Gasteiger partial charge in [0.2, 0.25) is 5.91 Å². The Balaban J connectivity index is 1.29. The third-order valence-electron chi connectivity index (χ3n) is 5.72. The average molecular weight is 393 g/mol. The Hall–Kier alpha value is -3.22. The van der Waals surface area contributed by atoms with Crippen molar-refractivity contribution in [3.8, 4) is 11.5 Å². The predicted octanol–water partition coefficient (Wildman–Crippen LogP) is 2.72. The predicted molar refractivity (Wildman–Crippen MR) is 109 cm³/mol. The molecule has 0 saturated carbocycles. The van der Waals surface area contributed by atoms with Crippen molar-refractivity contribution in [2.45, 2.75) is 31.8 Å². The lowest BCUT2D eigenvalue weighted by Crippen LogP contribution is -2.48. The Morgan fingerprint density at radius 3 is 2.72 bits per heavy atom. The smallest absolute Gasteiger partial charge is 0.322 e. The molecule has 2 atom stereocenters. The van der Waals surface area contributed by atoms with E-state index in [4.69, 9.17) is 9.47 Å². The topological polar surface area (TPSA) is 71.1 Å². The molecule has 0 radical (unpaired) electrons. The van der Waals surface area contributed by atoms with E-state index in [1.54, 1.807) is 9.80 Å². The van der Waals surface area contributed by atoms with Gasteiger partial charge in [-0.15, -0.1) is 0 Å². The summed E-state index contributed by atoms with van der Waals surface area (Å²) in [7, 11) is 0. The molecule has 3 aliphatic heterocycles. The van der Waals surface area contributed by atoms with Crippen molar-refractivity contribution in [3.63, 3.8) is 0 Å². The van der Waals surface area contributed by atoms with Crippen LogP contribution in [0, 0.1) is 0 Å². The molecule has 2 aromatic rings. The largest absolute Gasteiger partial charge is 0.486 e. The Labute approximate surface area is 169 Å². The molecule has 29 heavy (non-hydrogen) atoms. The van der Waals surface area contributed by atoms with Crippen LogP contribution in [0.4, 0.5) is 16.2 Å². The van der Waals surface area contributed by atoms with Gasteiger partial charge in [-0.1, -0.05) is 18.2 Å². The first-order valence-corrected chi connectivity index (χ1v) is 9.98. The molecule has 0 spiro atoms. The Morgan fingerprint density at radius 2 is 1.86 bits per heavy atom. The van der Waals surface area contributed by atoms with E-state index in [2.05, 4.69) is 11.4 Å². The summed E-state index contributed by atoms with van der Waals surface area (Å²) < 4.78 is 11.2. The molecule has 0 aliphatic carbocycles. The summed E-state index contributed by atoms with van der Waals surface area (Å²) >= 11 is 0. The van der Waals surface area contributed by atoms with Gasteiger partial charge in [-0.3, -0.25) is 9.69 Å². The second-order valence-electron chi connectivity index (χ2n) is 7.73. The zero-order valence-corrected chi connectivity index (χ0v) is 16.3. The molecule has 2 aromatic carbocycles. The van der Waals surface area contributed by atoms with Gasteiger partial charge in [0, 0.05) is 36.4 Å². The van der Waals surface area contributed by atoms with E-state index < -0.39 is 0 Å². The van der Waals surface area contributed by atoms with Crippen LogP contribution >= 0.6 is 0 Å². The number of urea groups is 1. The van der Waals surface area contributed by atoms with Gasteiger partial charge in [-0.2, -0.15) is 0 Å². The fourth-order valence-corrected chi connectivity index (χ4v) is 4.37. The van der Waals surface area contributed by atoms with Gasteiger partial charge in [0.25, 0.3) is 0 Å². The number of hydrogen-bond acceptors (Lipinski definition) is 4. The standard InChI is InChI=1S/C22H23N3O4/c1-14-10-15-4-2-3-5-18(15)25(14)22(27)23-16-11-21(26)24(13-16)17-6-7-19-20(12-17)29-9-8-28-19/h2-7,12,14,16H,8-11,13H2,1H3,(H,23,27)/t14-,16-/m0/s1. The first-order valence-electron chi connectivity index (χ1n) is 9.98. The van der Waals surface area contributed by atoms with E-state index in [0.717, 1.165) is 17.8 Å². The number of fused-ring (bicyclic) bond motifs is 2. The van der Waals surface area contributed by atoms with Gasteiger partial charge in [0.15, 0.2) is 11.5 Å². The molecular weight excluding hydrogens is 370 g/mol. The number of carbonyl (C=O) groups is 2. The molecule has 0 unspecified atom stereocenters. The number of rotatable bonds is 2. The molecule has 150 valence electrons. The van der Waals surface area contributed by atoms with Crippen LogP contribution in [0.2, 0.25) is 0 Å². The van der Waals surface area contributed by atoms with E-state index in [-0.39, 0.29) is 30.4 Å². The number of ether oxygens (including phenoxy) is 2. The second kappa shape index (κ2) is 6.99. The molecule has 0 aromatic heterocycles. The average Bonchev–Trinajstić information content (AvgIpc) is 3.26. The number of nitrogens with zero attached hydrogens (tertiary/aromatic N) is 2. The number of para-hydroxylation sites is 1. The minimum Gasteiger partial charge on any atom is -0.486 e. The van der Waals surface area contributed by atoms with Crippen LogP contribution in [0.25, 0.3) is 0 Å². The molecule has 1 N–H and O–H groups in total. The molecule has 1 saturated heterocycles. The number of carbonyl (C=O) groups excluding carboxylic acids is 2. The van der Waals surface area contributed by atoms with Gasteiger partial charge in [-0.25, -0.2) is 4.79 Å². The zero-order chi connectivity index (χ0) is 20.0. The number of anilines is 2. The molecular formula is C22H23N3O4. The van der Waals surface area contributed by atoms with Crippen LogP contribution in [0.15, 0.2) is 42.5 Å². The normalized spacial score (nSPS) is 22.6. The molecule has 3 heterocycles. The molecule has 7 heteroatoms. The minimum absolute atomic E-state index is 0.0122. The maximum absolute atomic E-state index is 13.0. The Morgan fingerprint density at radius 1 is 1.07 bits per heavy atom. The van der Waals surface area contributed by atoms with E-state index in [9.17, 15) is 9.59 Å². The van der Waals surface area contributed by atoms with Crippen LogP contribution in [-0.4, -0.2) is 43.8 Å². The maximum Gasteiger partial charge on any atom is 0.322 e. The quantitative estimate of drug-likeness (QED) is 0.852. The molecule has 3 aliphatic rings. The van der Waals surface area contributed by atoms with Crippen molar-refractivity contribution in [2.24, 2.45) is 0 Å². The van der Waals surface area contributed by atoms with E-state index in [1.807, 2.05) is 43.3 Å². The molecule has 7 nitrogen and oxygen atoms in total. The second-order valence-corrected chi connectivity index (χ2v) is 7.73. The number of amides is 3. The van der Waals surface area contributed by atoms with Gasteiger partial charge < -0.3 is 19.7 Å². The fourth-order valence-electron chi connectivity index (χ4n) is 4.37. The highest BCUT2D eigenvalue weighted by Gasteiger charge is 2.36. The highest BCUT2D eigenvalue weighted by Crippen LogP contribution is 2.35. The van der Waals surface area contributed by atoms with Crippen molar-refractivity contribution in [2.75, 3.05) is 29.6 Å². The summed E-state index contributed by atoms with van der Waals surface area (Å²) in [5.74, 6) is 1.33. The van der Waals surface area contributed by atoms with E-state index in [0.29, 0.717) is 31.3 Å². The van der Waals surface area contributed by atoms with Gasteiger partial charge >= 0.3 is 6.03 Å². The molecule has 5 rings (SSSR count). The highest BCUT2D eigenvalue weighted by atomic mass is 16.6. The van der Waals surface area contributed by atoms with Crippen molar-refractivity contribution < 1.29 is 19.1 Å². The lowest BCUT2D eigenvalue weighted by atomic mass is 10.1. The maximum atomic E-state index is 13.0. The fraction of sp³-hybridized carbons (Fsp3) is 0.364. The van der Waals surface area contributed by atoms with Crippen molar-refractivity contribution in [3.05, 3.63) is 48.0 Å². The summed E-state index contributed by atoms with van der Waals surface area (Å²) in [4.78, 5) is 29.1. The van der Waals surface area contributed by atoms with E-state index >= 15 is 0 Å². The molecule has 1 fully saturated rings. The van der Waals surface area contributed by atoms with Crippen molar-refractivity contribution in [1.82, 2.24) is 5.32 Å². The number of hydrogen-bond donors (Lipinski definition) is 1. The summed E-state index contributed by atoms with van der Waals surface area (Å²) in [6.07, 6.45) is 1.13. The molecule has 3 amide bonds. The van der Waals surface area contributed by atoms with Gasteiger partial charge in [0.1, 0.15) is 13.2 Å². The van der Waals surface area contributed by atoms with Crippen LogP contribution in [0.3, 0.4) is 0 Å². The first kappa shape index (κ1) is 17.8. The lowest BCUT2D eigenvalue weighted by Gasteiger charge is -2.25. The summed E-state index contributed by atoms with van der Waals surface area (Å²) in [5.41, 5.74) is 2.89. The third-order valence-corrected chi connectivity index (χ3v) is 5.72. The molecule has 0 bridgehead atoms. The zero-order valence-electron chi connectivity index (χ0n) is 16.3. The Bertz CT molecular complexity index is 976.